The fourth-order valence-corrected chi connectivity index (χ4v) is 2.05. The molecule has 124 valence electrons. The van der Waals surface area contributed by atoms with Crippen molar-refractivity contribution in [1.82, 2.24) is 10.3 Å². The van der Waals surface area contributed by atoms with Crippen LogP contribution in [-0.2, 0) is 9.59 Å². The average Bonchev–Trinajstić information content (AvgIpc) is 2.60. The summed E-state index contributed by atoms with van der Waals surface area (Å²) in [7, 11) is 0. The maximum atomic E-state index is 11.8. The van der Waals surface area contributed by atoms with E-state index in [1.54, 1.807) is 48.8 Å². The van der Waals surface area contributed by atoms with Gasteiger partial charge in [-0.25, -0.2) is 0 Å². The number of nitrogens with one attached hydrogen (secondary N) is 2. The fourth-order valence-electron chi connectivity index (χ4n) is 1.92. The van der Waals surface area contributed by atoms with Crippen molar-refractivity contribution >= 4 is 35.2 Å². The lowest BCUT2D eigenvalue weighted by Gasteiger charge is -2.05. The SMILES string of the molecule is O=C(C=Cc1cccnc1)NCCCC(=O)Nc1ccc(Cl)cc1. The second-order valence-corrected chi connectivity index (χ2v) is 5.51. The summed E-state index contributed by atoms with van der Waals surface area (Å²) in [5.41, 5.74) is 1.56. The second-order valence-electron chi connectivity index (χ2n) is 5.07. The Morgan fingerprint density at radius 3 is 2.67 bits per heavy atom. The van der Waals surface area contributed by atoms with Crippen molar-refractivity contribution in [1.29, 1.82) is 0 Å². The van der Waals surface area contributed by atoms with Crippen LogP contribution in [0.2, 0.25) is 5.02 Å². The third-order valence-electron chi connectivity index (χ3n) is 3.12. The fraction of sp³-hybridized carbons (Fsp3) is 0.167. The molecule has 0 aliphatic carbocycles. The van der Waals surface area contributed by atoms with Crippen LogP contribution in [0.15, 0.2) is 54.9 Å². The molecule has 2 amide bonds. The first-order valence-electron chi connectivity index (χ1n) is 7.55. The van der Waals surface area contributed by atoms with Gasteiger partial charge in [-0.15, -0.1) is 0 Å². The summed E-state index contributed by atoms with van der Waals surface area (Å²) >= 11 is 5.78. The minimum Gasteiger partial charge on any atom is -0.353 e. The van der Waals surface area contributed by atoms with Crippen molar-refractivity contribution in [2.45, 2.75) is 12.8 Å². The van der Waals surface area contributed by atoms with Crippen LogP contribution in [0.1, 0.15) is 18.4 Å². The van der Waals surface area contributed by atoms with E-state index in [2.05, 4.69) is 15.6 Å². The van der Waals surface area contributed by atoms with Crippen molar-refractivity contribution in [2.75, 3.05) is 11.9 Å². The highest BCUT2D eigenvalue weighted by molar-refractivity contribution is 6.30. The van der Waals surface area contributed by atoms with Crippen LogP contribution >= 0.6 is 11.6 Å². The molecule has 0 fully saturated rings. The van der Waals surface area contributed by atoms with Gasteiger partial charge in [-0.1, -0.05) is 17.7 Å². The molecule has 0 atom stereocenters. The topological polar surface area (TPSA) is 71.1 Å². The Bertz CT molecular complexity index is 700. The Morgan fingerprint density at radius 1 is 1.17 bits per heavy atom. The highest BCUT2D eigenvalue weighted by atomic mass is 35.5. The molecule has 0 saturated heterocycles. The highest BCUT2D eigenvalue weighted by Crippen LogP contribution is 2.13. The van der Waals surface area contributed by atoms with E-state index >= 15 is 0 Å². The Hall–Kier alpha value is -2.66. The summed E-state index contributed by atoms with van der Waals surface area (Å²) in [5.74, 6) is -0.297. The number of carbonyl (C=O) groups is 2. The van der Waals surface area contributed by atoms with Gasteiger partial charge in [0.1, 0.15) is 0 Å². The normalized spacial score (nSPS) is 10.5. The number of pyridine rings is 1. The lowest BCUT2D eigenvalue weighted by atomic mass is 10.2. The molecular weight excluding hydrogens is 326 g/mol. The van der Waals surface area contributed by atoms with Crippen molar-refractivity contribution in [3.63, 3.8) is 0 Å². The molecule has 5 nitrogen and oxygen atoms in total. The van der Waals surface area contributed by atoms with E-state index in [-0.39, 0.29) is 11.8 Å². The Kier molecular flexibility index (Phi) is 6.98. The number of amides is 2. The molecule has 2 rings (SSSR count). The summed E-state index contributed by atoms with van der Waals surface area (Å²) in [5, 5.41) is 6.13. The van der Waals surface area contributed by atoms with Gasteiger partial charge < -0.3 is 10.6 Å². The number of rotatable bonds is 7. The first-order valence-corrected chi connectivity index (χ1v) is 7.92. The lowest BCUT2D eigenvalue weighted by molar-refractivity contribution is -0.118. The van der Waals surface area contributed by atoms with Crippen molar-refractivity contribution in [3.8, 4) is 0 Å². The van der Waals surface area contributed by atoms with Gasteiger partial charge in [0.2, 0.25) is 11.8 Å². The van der Waals surface area contributed by atoms with Crippen LogP contribution < -0.4 is 10.6 Å². The predicted molar refractivity (Wildman–Crippen MR) is 95.6 cm³/mol. The average molecular weight is 344 g/mol. The van der Waals surface area contributed by atoms with Gasteiger partial charge >= 0.3 is 0 Å². The van der Waals surface area contributed by atoms with Crippen molar-refractivity contribution in [3.05, 3.63) is 65.5 Å². The number of anilines is 1. The largest absolute Gasteiger partial charge is 0.353 e. The third kappa shape index (κ3) is 6.62. The van der Waals surface area contributed by atoms with Crippen molar-refractivity contribution in [2.24, 2.45) is 0 Å². The molecule has 0 saturated carbocycles. The van der Waals surface area contributed by atoms with Crippen LogP contribution in [0.3, 0.4) is 0 Å². The molecule has 24 heavy (non-hydrogen) atoms. The van der Waals surface area contributed by atoms with E-state index in [1.165, 1.54) is 6.08 Å². The molecule has 2 aromatic rings. The quantitative estimate of drug-likeness (QED) is 0.598. The molecule has 0 radical (unpaired) electrons. The molecule has 1 aromatic heterocycles. The molecule has 0 unspecified atom stereocenters. The number of carbonyl (C=O) groups excluding carboxylic acids is 2. The van der Waals surface area contributed by atoms with Crippen LogP contribution in [0, 0.1) is 0 Å². The van der Waals surface area contributed by atoms with Crippen LogP contribution in [0.25, 0.3) is 6.08 Å². The maximum absolute atomic E-state index is 11.8. The minimum absolute atomic E-state index is 0.0996. The number of aromatic nitrogens is 1. The molecule has 2 N–H and O–H groups in total. The first kappa shape index (κ1) is 17.7. The van der Waals surface area contributed by atoms with Crippen LogP contribution in [0.5, 0.6) is 0 Å². The molecule has 0 aliphatic rings. The molecule has 6 heteroatoms. The van der Waals surface area contributed by atoms with Gasteiger partial charge in [0.15, 0.2) is 0 Å². The van der Waals surface area contributed by atoms with Gasteiger partial charge in [-0.05, 0) is 48.4 Å². The third-order valence-corrected chi connectivity index (χ3v) is 3.37. The van der Waals surface area contributed by atoms with E-state index < -0.39 is 0 Å². The maximum Gasteiger partial charge on any atom is 0.244 e. The monoisotopic (exact) mass is 343 g/mol. The highest BCUT2D eigenvalue weighted by Gasteiger charge is 2.03. The van der Waals surface area contributed by atoms with Gasteiger partial charge in [-0.3, -0.25) is 14.6 Å². The second kappa shape index (κ2) is 9.47. The number of nitrogens with zero attached hydrogens (tertiary/aromatic N) is 1. The Balaban J connectivity index is 1.63. The summed E-state index contributed by atoms with van der Waals surface area (Å²) in [4.78, 5) is 27.4. The molecule has 1 aromatic carbocycles. The Labute approximate surface area is 145 Å². The predicted octanol–water partition coefficient (Wildman–Crippen LogP) is 3.28. The van der Waals surface area contributed by atoms with E-state index in [0.717, 1.165) is 5.56 Å². The standard InChI is InChI=1S/C18H18ClN3O2/c19-15-6-8-16(9-7-15)22-18(24)4-2-12-21-17(23)10-5-14-3-1-11-20-13-14/h1,3,5-11,13H,2,4,12H2,(H,21,23)(H,22,24). The van der Waals surface area contributed by atoms with Gasteiger partial charge in [0.05, 0.1) is 0 Å². The smallest absolute Gasteiger partial charge is 0.244 e. The van der Waals surface area contributed by atoms with Gasteiger partial charge in [0, 0.05) is 42.1 Å². The summed E-state index contributed by atoms with van der Waals surface area (Å²) in [6.07, 6.45) is 7.37. The zero-order valence-corrected chi connectivity index (χ0v) is 13.8. The lowest BCUT2D eigenvalue weighted by Crippen LogP contribution is -2.23. The minimum atomic E-state index is -0.197. The number of hydrogen-bond acceptors (Lipinski definition) is 3. The summed E-state index contributed by atoms with van der Waals surface area (Å²) in [6, 6.07) is 10.6. The number of benzene rings is 1. The van der Waals surface area contributed by atoms with Crippen LogP contribution in [0.4, 0.5) is 5.69 Å². The van der Waals surface area contributed by atoms with Gasteiger partial charge in [-0.2, -0.15) is 0 Å². The van der Waals surface area contributed by atoms with Gasteiger partial charge in [0.25, 0.3) is 0 Å². The number of hydrogen-bond donors (Lipinski definition) is 2. The molecule has 0 aliphatic heterocycles. The number of halogens is 1. The van der Waals surface area contributed by atoms with Crippen molar-refractivity contribution < 1.29 is 9.59 Å². The summed E-state index contributed by atoms with van der Waals surface area (Å²) in [6.45, 7) is 0.435. The van der Waals surface area contributed by atoms with E-state index in [4.69, 9.17) is 11.6 Å². The van der Waals surface area contributed by atoms with E-state index in [9.17, 15) is 9.59 Å². The van der Waals surface area contributed by atoms with Crippen LogP contribution in [-0.4, -0.2) is 23.3 Å². The molecule has 0 spiro atoms. The van der Waals surface area contributed by atoms with E-state index in [1.807, 2.05) is 6.07 Å². The van der Waals surface area contributed by atoms with E-state index in [0.29, 0.717) is 30.1 Å². The summed E-state index contributed by atoms with van der Waals surface area (Å²) < 4.78 is 0. The Morgan fingerprint density at radius 2 is 1.96 bits per heavy atom. The molecule has 1 heterocycles. The molecular formula is C18H18ClN3O2. The first-order chi connectivity index (χ1) is 11.6. The zero-order valence-electron chi connectivity index (χ0n) is 13.0. The zero-order chi connectivity index (χ0) is 17.2. The molecule has 0 bridgehead atoms.